The van der Waals surface area contributed by atoms with Crippen molar-refractivity contribution in [2.45, 2.75) is 48.2 Å². The number of phenolic OH excluding ortho intramolecular Hbond substituents is 11. The Balaban J connectivity index is 1.29. The summed E-state index contributed by atoms with van der Waals surface area (Å²) in [6.45, 7) is -1.31. The maximum atomic E-state index is 14.6. The van der Waals surface area contributed by atoms with E-state index in [1.54, 1.807) is 0 Å². The number of aromatic hydroxyl groups is 11. The van der Waals surface area contributed by atoms with Gasteiger partial charge in [-0.3, -0.25) is 4.79 Å². The lowest BCUT2D eigenvalue weighted by Crippen LogP contribution is -2.66. The molecule has 0 saturated carbocycles. The number of aliphatic hydroxyl groups is 3. The molecule has 14 N–H and O–H groups in total. The quantitative estimate of drug-likeness (QED) is 0.0491. The fraction of sp³-hybridized carbons (Fsp3) is 0.220. The van der Waals surface area contributed by atoms with E-state index in [2.05, 4.69) is 0 Å². The lowest BCUT2D eigenvalue weighted by molar-refractivity contribution is -0.323. The van der Waals surface area contributed by atoms with E-state index in [9.17, 15) is 100 Å². The predicted molar refractivity (Wildman–Crippen MR) is 204 cm³/mol. The van der Waals surface area contributed by atoms with Crippen LogP contribution in [0.4, 0.5) is 0 Å². The van der Waals surface area contributed by atoms with E-state index < -0.39 is 204 Å². The minimum Gasteiger partial charge on any atom is -0.504 e. The van der Waals surface area contributed by atoms with Crippen molar-refractivity contribution >= 4 is 35.6 Å². The van der Waals surface area contributed by atoms with Gasteiger partial charge in [0.05, 0.1) is 33.7 Å². The van der Waals surface area contributed by atoms with Crippen molar-refractivity contribution in [3.05, 3.63) is 69.8 Å². The van der Waals surface area contributed by atoms with E-state index in [0.717, 1.165) is 0 Å². The van der Waals surface area contributed by atoms with E-state index in [-0.39, 0.29) is 6.08 Å². The third kappa shape index (κ3) is 6.21. The highest BCUT2D eigenvalue weighted by molar-refractivity contribution is 6.09. The summed E-state index contributed by atoms with van der Waals surface area (Å²) in [5.74, 6) is -36.2. The van der Waals surface area contributed by atoms with Gasteiger partial charge in [-0.1, -0.05) is 0 Å². The predicted octanol–water partition coefficient (Wildman–Crippen LogP) is -1.10. The molecule has 68 heavy (non-hydrogen) atoms. The van der Waals surface area contributed by atoms with Gasteiger partial charge in [0.2, 0.25) is 35.4 Å². The van der Waals surface area contributed by atoms with Gasteiger partial charge in [-0.2, -0.15) is 0 Å². The maximum absolute atomic E-state index is 14.6. The van der Waals surface area contributed by atoms with Crippen molar-refractivity contribution in [3.8, 4) is 80.1 Å². The molecule has 1 saturated heterocycles. The van der Waals surface area contributed by atoms with Crippen molar-refractivity contribution in [1.82, 2.24) is 0 Å². The summed E-state index contributed by atoms with van der Waals surface area (Å²) in [4.78, 5) is 84.6. The first kappa shape index (κ1) is 44.3. The number of hydrogen-bond donors (Lipinski definition) is 14. The lowest BCUT2D eigenvalue weighted by atomic mass is 9.74. The molecule has 1 aliphatic carbocycles. The molecule has 1 fully saturated rings. The smallest absolute Gasteiger partial charge is 0.340 e. The minimum absolute atomic E-state index is 0.207. The number of carbonyl (C=O) groups is 6. The van der Waals surface area contributed by atoms with Crippen LogP contribution in [-0.2, 0) is 38.0 Å². The SMILES string of the molecule is O=C1O[C@@H]2[C@H]3OC(=O)c4cc(O)c(O)c(O)c4-c4c(cc(O)c(O)c4O)C(=O)OC[C@H]2O[C@H](OC(=O)c2cc(O)c(O)c(O)c2)[C@@H]3OC(=O)c2cc(O)c(O)c3c2[C@@H]2C1=CC(=O)C(O)(O)[C@]2(O)O3. The summed E-state index contributed by atoms with van der Waals surface area (Å²) in [6, 6.07) is 2.36. The first-order chi connectivity index (χ1) is 31.9. The van der Waals surface area contributed by atoms with Gasteiger partial charge in [0.15, 0.2) is 64.0 Å². The van der Waals surface area contributed by atoms with E-state index in [1.165, 1.54) is 0 Å². The molecule has 0 aromatic heterocycles. The molecule has 0 amide bonds. The summed E-state index contributed by atoms with van der Waals surface area (Å²) in [7, 11) is 0. The standard InChI is InChI=1S/C41H28O27/c42-13-1-8(2-14(43)24(13)48)34(54)67-39-33-32-30(64-38(58)12-6-19(47)40(59,60)41(61)23(12)22-11(37(57)66-33)5-17(46)27(51)31(22)68-41)18(63-39)7-62-35(55)9-3-15(44)25(49)28(52)20(9)21-10(36(56)65-32)4-16(45)26(50)29(21)53/h1-6,18,23,30,32-33,39,42-46,48-53,59-61H,7H2/t18-,23+,30+,32-,33-,39-,41-/m1/s1. The number of phenols is 11. The third-order valence-electron chi connectivity index (χ3n) is 11.5. The minimum atomic E-state index is -4.02. The van der Waals surface area contributed by atoms with Crippen LogP contribution in [-0.4, -0.2) is 156 Å². The molecule has 354 valence electrons. The monoisotopic (exact) mass is 952 g/mol. The third-order valence-corrected chi connectivity index (χ3v) is 11.5. The average molecular weight is 953 g/mol. The number of rotatable bonds is 2. The summed E-state index contributed by atoms with van der Waals surface area (Å²) in [5, 5.41) is 150. The van der Waals surface area contributed by atoms with Crippen LogP contribution in [0.5, 0.6) is 69.0 Å². The summed E-state index contributed by atoms with van der Waals surface area (Å²) < 4.78 is 39.1. The van der Waals surface area contributed by atoms with Crippen LogP contribution >= 0.6 is 0 Å². The van der Waals surface area contributed by atoms with Crippen LogP contribution in [0.25, 0.3) is 11.1 Å². The molecule has 9 rings (SSSR count). The molecule has 4 aromatic carbocycles. The van der Waals surface area contributed by atoms with Gasteiger partial charge in [0.1, 0.15) is 12.7 Å². The zero-order valence-electron chi connectivity index (χ0n) is 33.2. The van der Waals surface area contributed by atoms with Gasteiger partial charge in [0, 0.05) is 16.7 Å². The second kappa shape index (κ2) is 14.8. The molecule has 4 aliphatic heterocycles. The number of carbonyl (C=O) groups excluding carboxylic acids is 6. The molecule has 27 nitrogen and oxygen atoms in total. The van der Waals surface area contributed by atoms with Crippen LogP contribution in [0.3, 0.4) is 0 Å². The Morgan fingerprint density at radius 2 is 1.07 bits per heavy atom. The number of benzene rings is 4. The molecule has 4 bridgehead atoms. The van der Waals surface area contributed by atoms with Gasteiger partial charge >= 0.3 is 29.8 Å². The fourth-order valence-corrected chi connectivity index (χ4v) is 8.26. The Kier molecular flexibility index (Phi) is 9.64. The highest BCUT2D eigenvalue weighted by atomic mass is 16.8. The largest absolute Gasteiger partial charge is 0.504 e. The molecule has 27 heteroatoms. The average Bonchev–Trinajstić information content (AvgIpc) is 3.61. The Morgan fingerprint density at radius 3 is 1.68 bits per heavy atom. The second-order valence-corrected chi connectivity index (χ2v) is 15.5. The van der Waals surface area contributed by atoms with Crippen LogP contribution in [0.15, 0.2) is 42.0 Å². The van der Waals surface area contributed by atoms with Crippen molar-refractivity contribution in [3.63, 3.8) is 0 Å². The second-order valence-electron chi connectivity index (χ2n) is 15.5. The summed E-state index contributed by atoms with van der Waals surface area (Å²) >= 11 is 0. The van der Waals surface area contributed by atoms with Crippen molar-refractivity contribution in [2.24, 2.45) is 0 Å². The van der Waals surface area contributed by atoms with Gasteiger partial charge in [-0.05, 0) is 36.4 Å². The molecular weight excluding hydrogens is 924 g/mol. The van der Waals surface area contributed by atoms with Gasteiger partial charge in [-0.15, -0.1) is 0 Å². The van der Waals surface area contributed by atoms with Crippen molar-refractivity contribution < 1.29 is 133 Å². The topological polar surface area (TPSA) is 450 Å². The van der Waals surface area contributed by atoms with Crippen molar-refractivity contribution in [1.29, 1.82) is 0 Å². The first-order valence-electron chi connectivity index (χ1n) is 19.1. The fourth-order valence-electron chi connectivity index (χ4n) is 8.26. The molecule has 5 aliphatic rings. The molecule has 4 heterocycles. The molecule has 0 radical (unpaired) electrons. The summed E-state index contributed by atoms with van der Waals surface area (Å²) in [6.07, 6.45) is -12.1. The van der Waals surface area contributed by atoms with Crippen LogP contribution in [0.2, 0.25) is 0 Å². The van der Waals surface area contributed by atoms with Crippen LogP contribution in [0, 0.1) is 0 Å². The molecule has 0 unspecified atom stereocenters. The Labute approximate surface area is 373 Å². The highest BCUT2D eigenvalue weighted by Crippen LogP contribution is 2.60. The van der Waals surface area contributed by atoms with E-state index in [1.807, 2.05) is 0 Å². The molecule has 0 spiro atoms. The van der Waals surface area contributed by atoms with Gasteiger partial charge < -0.3 is 105 Å². The zero-order chi connectivity index (χ0) is 49.4. The Morgan fingerprint density at radius 1 is 0.574 bits per heavy atom. The highest BCUT2D eigenvalue weighted by Gasteiger charge is 2.70. The Hall–Kier alpha value is -8.92. The molecular formula is C41H28O27. The number of esters is 5. The number of ether oxygens (including phenoxy) is 7. The van der Waals surface area contributed by atoms with E-state index in [4.69, 9.17) is 33.2 Å². The van der Waals surface area contributed by atoms with E-state index >= 15 is 0 Å². The first-order valence-corrected chi connectivity index (χ1v) is 19.1. The number of cyclic esters (lactones) is 1. The van der Waals surface area contributed by atoms with E-state index in [0.29, 0.717) is 30.3 Å². The number of ketones is 1. The lowest BCUT2D eigenvalue weighted by Gasteiger charge is -2.44. The number of fused-ring (bicyclic) bond motifs is 3. The molecule has 7 atom stereocenters. The van der Waals surface area contributed by atoms with Crippen LogP contribution in [0.1, 0.15) is 52.9 Å². The maximum Gasteiger partial charge on any atom is 0.340 e. The van der Waals surface area contributed by atoms with Gasteiger partial charge in [0.25, 0.3) is 11.6 Å². The number of hydrogen-bond acceptors (Lipinski definition) is 27. The van der Waals surface area contributed by atoms with Crippen molar-refractivity contribution in [2.75, 3.05) is 6.61 Å². The Bertz CT molecular complexity index is 3020. The molecule has 4 aromatic rings. The van der Waals surface area contributed by atoms with Gasteiger partial charge in [-0.25, -0.2) is 24.0 Å². The summed E-state index contributed by atoms with van der Waals surface area (Å²) in [5.41, 5.74) is -8.25. The van der Waals surface area contributed by atoms with Crippen LogP contribution < -0.4 is 4.74 Å². The zero-order valence-corrected chi connectivity index (χ0v) is 33.2. The normalized spacial score (nSPS) is 25.7.